The molecule has 0 spiro atoms. The van der Waals surface area contributed by atoms with Gasteiger partial charge in [-0.2, -0.15) is 23.7 Å². The van der Waals surface area contributed by atoms with Gasteiger partial charge >= 0.3 is 5.97 Å². The summed E-state index contributed by atoms with van der Waals surface area (Å²) in [6, 6.07) is 7.67. The lowest BCUT2D eigenvalue weighted by Gasteiger charge is -2.12. The molecule has 9 nitrogen and oxygen atoms in total. The monoisotopic (exact) mass is 401 g/mol. The Morgan fingerprint density at radius 2 is 2.00 bits per heavy atom. The van der Waals surface area contributed by atoms with Crippen molar-refractivity contribution in [1.29, 1.82) is 0 Å². The van der Waals surface area contributed by atoms with E-state index in [0.717, 1.165) is 6.92 Å². The average Bonchev–Trinajstić information content (AvgIpc) is 2.67. The SMILES string of the molecule is COC(=O)Cc1cccc(-c2nc(N)nc(Nc3ccnc(C(C)(F)F)c3)n2)n1. The van der Waals surface area contributed by atoms with E-state index in [2.05, 4.69) is 35.0 Å². The van der Waals surface area contributed by atoms with Crippen molar-refractivity contribution in [3.8, 4) is 11.5 Å². The number of nitrogens with two attached hydrogens (primary N) is 1. The van der Waals surface area contributed by atoms with E-state index in [0.29, 0.717) is 17.1 Å². The van der Waals surface area contributed by atoms with E-state index in [-0.39, 0.29) is 24.1 Å². The summed E-state index contributed by atoms with van der Waals surface area (Å²) in [4.78, 5) is 31.7. The molecule has 0 aliphatic rings. The van der Waals surface area contributed by atoms with Crippen LogP contribution in [0, 0.1) is 0 Å². The van der Waals surface area contributed by atoms with Gasteiger partial charge in [0.05, 0.1) is 19.2 Å². The van der Waals surface area contributed by atoms with Crippen LogP contribution in [0.3, 0.4) is 0 Å². The highest BCUT2D eigenvalue weighted by Crippen LogP contribution is 2.27. The van der Waals surface area contributed by atoms with Gasteiger partial charge in [0.1, 0.15) is 11.4 Å². The van der Waals surface area contributed by atoms with Crippen molar-refractivity contribution in [3.05, 3.63) is 47.9 Å². The minimum atomic E-state index is -3.09. The van der Waals surface area contributed by atoms with E-state index >= 15 is 0 Å². The lowest BCUT2D eigenvalue weighted by Crippen LogP contribution is -2.11. The first-order chi connectivity index (χ1) is 13.7. The van der Waals surface area contributed by atoms with Crippen molar-refractivity contribution in [1.82, 2.24) is 24.9 Å². The van der Waals surface area contributed by atoms with Gasteiger partial charge in [0.25, 0.3) is 5.92 Å². The first-order valence-corrected chi connectivity index (χ1v) is 8.40. The van der Waals surface area contributed by atoms with Gasteiger partial charge in [0.15, 0.2) is 5.82 Å². The molecule has 3 heterocycles. The maximum Gasteiger partial charge on any atom is 0.311 e. The number of ether oxygens (including phenoxy) is 1. The van der Waals surface area contributed by atoms with Gasteiger partial charge in [-0.05, 0) is 24.3 Å². The maximum atomic E-state index is 13.5. The molecular formula is C18H17F2N7O2. The maximum absolute atomic E-state index is 13.5. The Labute approximate surface area is 164 Å². The first kappa shape index (κ1) is 20.0. The highest BCUT2D eigenvalue weighted by molar-refractivity contribution is 5.72. The van der Waals surface area contributed by atoms with Crippen LogP contribution in [0.5, 0.6) is 0 Å². The molecule has 0 saturated carbocycles. The molecule has 11 heteroatoms. The van der Waals surface area contributed by atoms with Gasteiger partial charge in [-0.1, -0.05) is 6.07 Å². The molecule has 0 aliphatic heterocycles. The quantitative estimate of drug-likeness (QED) is 0.598. The number of aromatic nitrogens is 5. The second-order valence-electron chi connectivity index (χ2n) is 6.05. The number of methoxy groups -OCH3 is 1. The van der Waals surface area contributed by atoms with Crippen molar-refractivity contribution < 1.29 is 18.3 Å². The zero-order valence-electron chi connectivity index (χ0n) is 15.6. The van der Waals surface area contributed by atoms with Gasteiger partial charge in [-0.3, -0.25) is 9.78 Å². The molecule has 0 saturated heterocycles. The third kappa shape index (κ3) is 5.15. The molecule has 150 valence electrons. The molecular weight excluding hydrogens is 384 g/mol. The summed E-state index contributed by atoms with van der Waals surface area (Å²) in [6.45, 7) is 0.755. The summed E-state index contributed by atoms with van der Waals surface area (Å²) in [5, 5.41) is 2.81. The molecule has 3 aromatic rings. The smallest absolute Gasteiger partial charge is 0.311 e. The second-order valence-corrected chi connectivity index (χ2v) is 6.05. The molecule has 3 aromatic heterocycles. The number of nitrogens with one attached hydrogen (secondary N) is 1. The lowest BCUT2D eigenvalue weighted by atomic mass is 10.2. The number of nitrogens with zero attached hydrogens (tertiary/aromatic N) is 5. The van der Waals surface area contributed by atoms with Gasteiger partial charge in [0, 0.05) is 18.8 Å². The highest BCUT2D eigenvalue weighted by Gasteiger charge is 2.26. The topological polar surface area (TPSA) is 129 Å². The predicted octanol–water partition coefficient (Wildman–Crippen LogP) is 2.48. The Hall–Kier alpha value is -3.76. The zero-order valence-corrected chi connectivity index (χ0v) is 15.6. The fourth-order valence-corrected chi connectivity index (χ4v) is 2.36. The fraction of sp³-hybridized carbons (Fsp3) is 0.222. The van der Waals surface area contributed by atoms with Crippen LogP contribution < -0.4 is 11.1 Å². The number of hydrogen-bond donors (Lipinski definition) is 2. The highest BCUT2D eigenvalue weighted by atomic mass is 19.3. The number of hydrogen-bond acceptors (Lipinski definition) is 9. The number of halogens is 2. The molecule has 0 radical (unpaired) electrons. The van der Waals surface area contributed by atoms with Gasteiger partial charge in [-0.15, -0.1) is 0 Å². The Balaban J connectivity index is 1.90. The summed E-state index contributed by atoms with van der Waals surface area (Å²) in [7, 11) is 1.29. The summed E-state index contributed by atoms with van der Waals surface area (Å²) in [5.41, 5.74) is 6.48. The Morgan fingerprint density at radius 1 is 1.21 bits per heavy atom. The van der Waals surface area contributed by atoms with E-state index in [1.807, 2.05) is 0 Å². The number of anilines is 3. The van der Waals surface area contributed by atoms with Crippen LogP contribution in [-0.4, -0.2) is 38.0 Å². The normalized spacial score (nSPS) is 11.2. The zero-order chi connectivity index (χ0) is 21.0. The Bertz CT molecular complexity index is 1040. The van der Waals surface area contributed by atoms with Crippen LogP contribution in [0.1, 0.15) is 18.3 Å². The van der Waals surface area contributed by atoms with Crippen molar-refractivity contribution >= 4 is 23.6 Å². The lowest BCUT2D eigenvalue weighted by molar-refractivity contribution is -0.139. The molecule has 0 fully saturated rings. The number of pyridine rings is 2. The summed E-state index contributed by atoms with van der Waals surface area (Å²) in [5.74, 6) is -3.42. The van der Waals surface area contributed by atoms with E-state index in [9.17, 15) is 13.6 Å². The molecule has 29 heavy (non-hydrogen) atoms. The fourth-order valence-electron chi connectivity index (χ4n) is 2.36. The number of carbonyl (C=O) groups excluding carboxylic acids is 1. The number of rotatable bonds is 6. The van der Waals surface area contributed by atoms with E-state index in [4.69, 9.17) is 5.73 Å². The van der Waals surface area contributed by atoms with E-state index < -0.39 is 17.6 Å². The van der Waals surface area contributed by atoms with E-state index in [1.165, 1.54) is 25.4 Å². The van der Waals surface area contributed by atoms with Crippen LogP contribution in [0.2, 0.25) is 0 Å². The molecule has 3 N–H and O–H groups in total. The van der Waals surface area contributed by atoms with Crippen molar-refractivity contribution in [3.63, 3.8) is 0 Å². The van der Waals surface area contributed by atoms with Gasteiger partial charge < -0.3 is 15.8 Å². The summed E-state index contributed by atoms with van der Waals surface area (Å²) < 4.78 is 31.6. The van der Waals surface area contributed by atoms with Crippen LogP contribution in [0.15, 0.2) is 36.5 Å². The molecule has 0 amide bonds. The number of esters is 1. The third-order valence-corrected chi connectivity index (χ3v) is 3.71. The Kier molecular flexibility index (Phi) is 5.57. The molecule has 0 aliphatic carbocycles. The predicted molar refractivity (Wildman–Crippen MR) is 100 cm³/mol. The minimum absolute atomic E-state index is 0.0129. The van der Waals surface area contributed by atoms with Crippen LogP contribution >= 0.6 is 0 Å². The van der Waals surface area contributed by atoms with Crippen LogP contribution in [0.25, 0.3) is 11.5 Å². The number of alkyl halides is 2. The third-order valence-electron chi connectivity index (χ3n) is 3.71. The van der Waals surface area contributed by atoms with Crippen LogP contribution in [-0.2, 0) is 21.9 Å². The molecule has 0 aromatic carbocycles. The van der Waals surface area contributed by atoms with E-state index in [1.54, 1.807) is 18.2 Å². The van der Waals surface area contributed by atoms with Crippen molar-refractivity contribution in [2.45, 2.75) is 19.3 Å². The number of nitrogen functional groups attached to an aromatic ring is 1. The summed E-state index contributed by atoms with van der Waals surface area (Å²) >= 11 is 0. The van der Waals surface area contributed by atoms with Crippen molar-refractivity contribution in [2.24, 2.45) is 0 Å². The van der Waals surface area contributed by atoms with Crippen molar-refractivity contribution in [2.75, 3.05) is 18.2 Å². The van der Waals surface area contributed by atoms with Crippen LogP contribution in [0.4, 0.5) is 26.4 Å². The molecule has 0 atom stereocenters. The molecule has 0 unspecified atom stereocenters. The standard InChI is InChI=1S/C18H17F2N7O2/c1-18(19,20)13-8-11(6-7-22-13)24-17-26-15(25-16(21)27-17)12-5-3-4-10(23-12)9-14(28)29-2/h3-8H,9H2,1-2H3,(H3,21,22,24,25,26,27). The first-order valence-electron chi connectivity index (χ1n) is 8.40. The second kappa shape index (κ2) is 8.09. The molecule has 0 bridgehead atoms. The number of carbonyl (C=O) groups is 1. The van der Waals surface area contributed by atoms with Gasteiger partial charge in [-0.25, -0.2) is 4.98 Å². The Morgan fingerprint density at radius 3 is 2.72 bits per heavy atom. The molecule has 3 rings (SSSR count). The van der Waals surface area contributed by atoms with Gasteiger partial charge in [0.2, 0.25) is 11.9 Å². The largest absolute Gasteiger partial charge is 0.469 e. The minimum Gasteiger partial charge on any atom is -0.469 e. The average molecular weight is 401 g/mol. The summed E-state index contributed by atoms with van der Waals surface area (Å²) in [6.07, 6.45) is 1.24.